The molecule has 0 spiro atoms. The summed E-state index contributed by atoms with van der Waals surface area (Å²) in [5.74, 6) is -1.23. The number of aliphatic hydroxyl groups excluding tert-OH is 1. The summed E-state index contributed by atoms with van der Waals surface area (Å²) in [6.45, 7) is 2.14. The van der Waals surface area contributed by atoms with Crippen molar-refractivity contribution in [1.82, 2.24) is 10.2 Å². The number of benzene rings is 3. The fourth-order valence-electron chi connectivity index (χ4n) is 4.99. The van der Waals surface area contributed by atoms with Gasteiger partial charge in [-0.1, -0.05) is 54.1 Å². The van der Waals surface area contributed by atoms with Crippen molar-refractivity contribution in [2.24, 2.45) is 0 Å². The van der Waals surface area contributed by atoms with Crippen LogP contribution in [0.25, 0.3) is 11.1 Å². The zero-order valence-corrected chi connectivity index (χ0v) is 22.4. The second kappa shape index (κ2) is 12.3. The number of likely N-dealkylation sites (tertiary alicyclic amines) is 1. The summed E-state index contributed by atoms with van der Waals surface area (Å²) in [6, 6.07) is 17.1. The Labute approximate surface area is 232 Å². The van der Waals surface area contributed by atoms with Crippen LogP contribution in [0, 0.1) is 5.82 Å². The molecule has 6 nitrogen and oxygen atoms in total. The van der Waals surface area contributed by atoms with Crippen LogP contribution in [0.2, 0.25) is 5.02 Å². The van der Waals surface area contributed by atoms with Crippen molar-refractivity contribution < 1.29 is 23.8 Å². The third kappa shape index (κ3) is 6.67. The SMILES string of the molecule is O=C(NC(CN1CCCC1)C(O)c1ccc(OC2CCC2)c(Cl)c1)C(=O)c1ccc(-c2ccc(F)cc2)cc1. The lowest BCUT2D eigenvalue weighted by Crippen LogP contribution is -2.48. The summed E-state index contributed by atoms with van der Waals surface area (Å²) >= 11 is 6.47. The van der Waals surface area contributed by atoms with Gasteiger partial charge < -0.3 is 20.1 Å². The number of halogens is 2. The smallest absolute Gasteiger partial charge is 0.292 e. The highest BCUT2D eigenvalue weighted by atomic mass is 35.5. The highest BCUT2D eigenvalue weighted by Gasteiger charge is 2.30. The van der Waals surface area contributed by atoms with Crippen LogP contribution < -0.4 is 10.1 Å². The van der Waals surface area contributed by atoms with Crippen molar-refractivity contribution >= 4 is 23.3 Å². The minimum atomic E-state index is -1.07. The van der Waals surface area contributed by atoms with Crippen molar-refractivity contribution in [3.8, 4) is 16.9 Å². The van der Waals surface area contributed by atoms with Gasteiger partial charge in [-0.3, -0.25) is 9.59 Å². The molecule has 39 heavy (non-hydrogen) atoms. The van der Waals surface area contributed by atoms with Gasteiger partial charge in [-0.15, -0.1) is 0 Å². The van der Waals surface area contributed by atoms with Gasteiger partial charge in [0.25, 0.3) is 5.91 Å². The maximum atomic E-state index is 13.2. The van der Waals surface area contributed by atoms with Gasteiger partial charge in [-0.2, -0.15) is 0 Å². The molecule has 1 saturated carbocycles. The van der Waals surface area contributed by atoms with Crippen LogP contribution in [0.15, 0.2) is 66.7 Å². The first-order chi connectivity index (χ1) is 18.9. The van der Waals surface area contributed by atoms with Gasteiger partial charge in [0.2, 0.25) is 5.78 Å². The van der Waals surface area contributed by atoms with Crippen LogP contribution in [0.3, 0.4) is 0 Å². The van der Waals surface area contributed by atoms with Crippen molar-refractivity contribution in [2.45, 2.75) is 50.4 Å². The van der Waals surface area contributed by atoms with E-state index in [4.69, 9.17) is 16.3 Å². The van der Waals surface area contributed by atoms with Crippen molar-refractivity contribution in [3.05, 3.63) is 88.7 Å². The molecular weight excluding hydrogens is 519 g/mol. The lowest BCUT2D eigenvalue weighted by Gasteiger charge is -2.29. The largest absolute Gasteiger partial charge is 0.489 e. The van der Waals surface area contributed by atoms with Crippen LogP contribution in [0.1, 0.15) is 54.1 Å². The van der Waals surface area contributed by atoms with Crippen molar-refractivity contribution in [3.63, 3.8) is 0 Å². The molecule has 0 radical (unpaired) electrons. The lowest BCUT2D eigenvalue weighted by atomic mass is 9.96. The molecule has 1 saturated heterocycles. The molecule has 8 heteroatoms. The van der Waals surface area contributed by atoms with E-state index >= 15 is 0 Å². The molecule has 1 aliphatic heterocycles. The molecule has 204 valence electrons. The second-order valence-corrected chi connectivity index (χ2v) is 10.7. The summed E-state index contributed by atoms with van der Waals surface area (Å²) in [5.41, 5.74) is 2.38. The second-order valence-electron chi connectivity index (χ2n) is 10.3. The molecule has 2 unspecified atom stereocenters. The van der Waals surface area contributed by atoms with Crippen LogP contribution >= 0.6 is 11.6 Å². The lowest BCUT2D eigenvalue weighted by molar-refractivity contribution is -0.118. The number of carbonyl (C=O) groups excluding carboxylic acids is 2. The van der Waals surface area contributed by atoms with Crippen molar-refractivity contribution in [2.75, 3.05) is 19.6 Å². The van der Waals surface area contributed by atoms with Gasteiger partial charge >= 0.3 is 0 Å². The van der Waals surface area contributed by atoms with Crippen LogP contribution in [-0.2, 0) is 4.79 Å². The van der Waals surface area contributed by atoms with Gasteiger partial charge in [0, 0.05) is 12.1 Å². The molecule has 2 aliphatic rings. The number of nitrogens with zero attached hydrogens (tertiary/aromatic N) is 1. The number of amides is 1. The van der Waals surface area contributed by atoms with E-state index in [0.717, 1.165) is 56.3 Å². The average Bonchev–Trinajstić information content (AvgIpc) is 3.44. The quantitative estimate of drug-likeness (QED) is 0.255. The van der Waals surface area contributed by atoms with E-state index in [1.807, 2.05) is 0 Å². The Hall–Kier alpha value is -3.26. The predicted molar refractivity (Wildman–Crippen MR) is 148 cm³/mol. The summed E-state index contributed by atoms with van der Waals surface area (Å²) in [6.07, 6.45) is 4.37. The molecule has 3 aromatic rings. The number of ether oxygens (including phenoxy) is 1. The maximum absolute atomic E-state index is 13.2. The number of ketones is 1. The number of aliphatic hydroxyl groups is 1. The van der Waals surface area contributed by atoms with Crippen LogP contribution in [0.4, 0.5) is 4.39 Å². The monoisotopic (exact) mass is 550 g/mol. The fraction of sp³-hybridized carbons (Fsp3) is 0.355. The third-order valence-electron chi connectivity index (χ3n) is 7.53. The number of hydrogen-bond acceptors (Lipinski definition) is 5. The van der Waals surface area contributed by atoms with E-state index in [9.17, 15) is 19.1 Å². The van der Waals surface area contributed by atoms with Crippen molar-refractivity contribution in [1.29, 1.82) is 0 Å². The summed E-state index contributed by atoms with van der Waals surface area (Å²) in [7, 11) is 0. The van der Waals surface area contributed by atoms with E-state index < -0.39 is 23.8 Å². The molecule has 3 aromatic carbocycles. The standard InChI is InChI=1S/C31H32ClFN2O4/c32-26-18-23(12-15-28(26)39-25-4-3-5-25)29(36)27(19-35-16-1-2-17-35)34-31(38)30(37)22-8-6-20(7-9-22)21-10-13-24(33)14-11-21/h6-15,18,25,27,29,36H,1-5,16-17,19H2,(H,34,38). The number of nitrogens with one attached hydrogen (secondary N) is 1. The van der Waals surface area contributed by atoms with Gasteiger partial charge in [0.15, 0.2) is 0 Å². The molecule has 0 bridgehead atoms. The molecule has 2 atom stereocenters. The zero-order chi connectivity index (χ0) is 27.4. The van der Waals surface area contributed by atoms with Gasteiger partial charge in [0.05, 0.1) is 17.2 Å². The topological polar surface area (TPSA) is 78.9 Å². The van der Waals surface area contributed by atoms with Gasteiger partial charge in [0.1, 0.15) is 17.7 Å². The summed E-state index contributed by atoms with van der Waals surface area (Å²) < 4.78 is 19.2. The first kappa shape index (κ1) is 27.3. The van der Waals surface area contributed by atoms with E-state index in [2.05, 4.69) is 10.2 Å². The van der Waals surface area contributed by atoms with Gasteiger partial charge in [-0.05, 0) is 86.1 Å². The van der Waals surface area contributed by atoms with Crippen LogP contribution in [-0.4, -0.2) is 53.5 Å². The van der Waals surface area contributed by atoms with E-state index in [0.29, 0.717) is 22.9 Å². The van der Waals surface area contributed by atoms with Gasteiger partial charge in [-0.25, -0.2) is 4.39 Å². The normalized spacial score (nSPS) is 17.3. The third-order valence-corrected chi connectivity index (χ3v) is 7.82. The average molecular weight is 551 g/mol. The summed E-state index contributed by atoms with van der Waals surface area (Å²) in [4.78, 5) is 28.2. The highest BCUT2D eigenvalue weighted by molar-refractivity contribution is 6.42. The molecule has 2 N–H and O–H groups in total. The Balaban J connectivity index is 1.29. The molecule has 5 rings (SSSR count). The number of rotatable bonds is 10. The first-order valence-electron chi connectivity index (χ1n) is 13.4. The van der Waals surface area contributed by atoms with E-state index in [-0.39, 0.29) is 17.5 Å². The molecule has 1 heterocycles. The fourth-order valence-corrected chi connectivity index (χ4v) is 5.22. The van der Waals surface area contributed by atoms with E-state index in [1.54, 1.807) is 54.6 Å². The molecule has 1 amide bonds. The Kier molecular flexibility index (Phi) is 8.60. The Morgan fingerprint density at radius 1 is 0.974 bits per heavy atom. The minimum absolute atomic E-state index is 0.177. The molecular formula is C31H32ClFN2O4. The highest BCUT2D eigenvalue weighted by Crippen LogP contribution is 2.33. The molecule has 2 fully saturated rings. The Morgan fingerprint density at radius 2 is 1.62 bits per heavy atom. The molecule has 1 aliphatic carbocycles. The summed E-state index contributed by atoms with van der Waals surface area (Å²) in [5, 5.41) is 14.5. The number of hydrogen-bond donors (Lipinski definition) is 2. The Morgan fingerprint density at radius 3 is 2.21 bits per heavy atom. The predicted octanol–water partition coefficient (Wildman–Crippen LogP) is 5.57. The number of Topliss-reactive ketones (excluding diaryl/α,β-unsaturated/α-hetero) is 1. The maximum Gasteiger partial charge on any atom is 0.292 e. The van der Waals surface area contributed by atoms with E-state index in [1.165, 1.54) is 12.1 Å². The van der Waals surface area contributed by atoms with Crippen LogP contribution in [0.5, 0.6) is 5.75 Å². The zero-order valence-electron chi connectivity index (χ0n) is 21.6. The Bertz CT molecular complexity index is 1310. The first-order valence-corrected chi connectivity index (χ1v) is 13.8. The number of carbonyl (C=O) groups is 2. The minimum Gasteiger partial charge on any atom is -0.489 e. The molecule has 0 aromatic heterocycles.